The third kappa shape index (κ3) is 7.36. The molecule has 0 aromatic rings. The highest BCUT2D eigenvalue weighted by atomic mass is 35.5. The molecule has 0 spiro atoms. The summed E-state index contributed by atoms with van der Waals surface area (Å²) in [5.74, 6) is 2.40. The van der Waals surface area contributed by atoms with Crippen LogP contribution in [0.25, 0.3) is 0 Å². The molecule has 0 aromatic heterocycles. The van der Waals surface area contributed by atoms with Crippen molar-refractivity contribution in [3.63, 3.8) is 0 Å². The predicted octanol–water partition coefficient (Wildman–Crippen LogP) is 1.67. The molecule has 1 atom stereocenters. The van der Waals surface area contributed by atoms with E-state index in [2.05, 4.69) is 31.4 Å². The first-order valence-corrected chi connectivity index (χ1v) is 6.71. The van der Waals surface area contributed by atoms with Crippen LogP contribution in [0.15, 0.2) is 0 Å². The third-order valence-electron chi connectivity index (χ3n) is 2.25. The Bertz CT molecular complexity index is 213. The molecule has 1 aliphatic rings. The van der Waals surface area contributed by atoms with Crippen LogP contribution in [0.2, 0.25) is 0 Å². The van der Waals surface area contributed by atoms with Gasteiger partial charge in [-0.1, -0.05) is 20.8 Å². The van der Waals surface area contributed by atoms with E-state index in [1.165, 1.54) is 5.75 Å². The number of hydrogen-bond donors (Lipinski definition) is 2. The fourth-order valence-corrected chi connectivity index (χ4v) is 2.36. The highest BCUT2D eigenvalue weighted by Crippen LogP contribution is 2.12. The second-order valence-corrected chi connectivity index (χ2v) is 6.42. The third-order valence-corrected chi connectivity index (χ3v) is 3.38. The predicted molar refractivity (Wildman–Crippen MR) is 73.4 cm³/mol. The average molecular weight is 267 g/mol. The summed E-state index contributed by atoms with van der Waals surface area (Å²) in [6, 6.07) is 0.365. The lowest BCUT2D eigenvalue weighted by molar-refractivity contribution is -0.121. The second kappa shape index (κ2) is 7.41. The zero-order chi connectivity index (χ0) is 11.3. The molecule has 1 rings (SSSR count). The summed E-state index contributed by atoms with van der Waals surface area (Å²) in [7, 11) is 0. The molecule has 0 aromatic carbocycles. The molecule has 2 N–H and O–H groups in total. The van der Waals surface area contributed by atoms with Gasteiger partial charge in [-0.2, -0.15) is 11.8 Å². The van der Waals surface area contributed by atoms with Crippen molar-refractivity contribution in [2.45, 2.75) is 33.2 Å². The molecule has 1 heterocycles. The van der Waals surface area contributed by atoms with Gasteiger partial charge in [0.25, 0.3) is 0 Å². The van der Waals surface area contributed by atoms with Crippen molar-refractivity contribution in [2.75, 3.05) is 24.6 Å². The van der Waals surface area contributed by atoms with E-state index in [-0.39, 0.29) is 23.7 Å². The monoisotopic (exact) mass is 266 g/mol. The number of halogens is 1. The van der Waals surface area contributed by atoms with Crippen molar-refractivity contribution >= 4 is 30.1 Å². The maximum atomic E-state index is 11.6. The normalized spacial score (nSPS) is 21.1. The number of carbonyl (C=O) groups excluding carboxylic acids is 1. The minimum Gasteiger partial charge on any atom is -0.356 e. The van der Waals surface area contributed by atoms with Crippen molar-refractivity contribution < 1.29 is 4.79 Å². The van der Waals surface area contributed by atoms with Crippen LogP contribution in [-0.4, -0.2) is 36.5 Å². The van der Waals surface area contributed by atoms with E-state index in [4.69, 9.17) is 0 Å². The number of carbonyl (C=O) groups is 1. The Morgan fingerprint density at radius 3 is 2.69 bits per heavy atom. The molecule has 3 nitrogen and oxygen atoms in total. The number of thioether (sulfide) groups is 1. The maximum Gasteiger partial charge on any atom is 0.221 e. The first-order valence-electron chi connectivity index (χ1n) is 5.55. The van der Waals surface area contributed by atoms with E-state index in [1.54, 1.807) is 0 Å². The zero-order valence-corrected chi connectivity index (χ0v) is 12.0. The summed E-state index contributed by atoms with van der Waals surface area (Å²) in [6.07, 6.45) is 0.614. The number of rotatable bonds is 3. The van der Waals surface area contributed by atoms with E-state index in [0.29, 0.717) is 12.5 Å². The van der Waals surface area contributed by atoms with Gasteiger partial charge in [-0.05, 0) is 5.41 Å². The highest BCUT2D eigenvalue weighted by Gasteiger charge is 2.18. The van der Waals surface area contributed by atoms with E-state index >= 15 is 0 Å². The first kappa shape index (κ1) is 16.1. The molecule has 0 aliphatic carbocycles. The van der Waals surface area contributed by atoms with Crippen molar-refractivity contribution in [3.8, 4) is 0 Å². The van der Waals surface area contributed by atoms with Crippen LogP contribution in [0.5, 0.6) is 0 Å². The molecule has 1 fully saturated rings. The van der Waals surface area contributed by atoms with Gasteiger partial charge in [0.15, 0.2) is 0 Å². The summed E-state index contributed by atoms with van der Waals surface area (Å²) in [6.45, 7) is 8.17. The molecule has 1 unspecified atom stereocenters. The minimum atomic E-state index is 0. The minimum absolute atomic E-state index is 0. The Kier molecular flexibility index (Phi) is 7.44. The van der Waals surface area contributed by atoms with Crippen LogP contribution in [0.1, 0.15) is 27.2 Å². The molecule has 5 heteroatoms. The van der Waals surface area contributed by atoms with E-state index < -0.39 is 0 Å². The van der Waals surface area contributed by atoms with Crippen molar-refractivity contribution in [3.05, 3.63) is 0 Å². The lowest BCUT2D eigenvalue weighted by atomic mass is 9.97. The molecule has 0 radical (unpaired) electrons. The standard InChI is InChI=1S/C11H22N2OS.ClH/c1-11(2,3)8-13-10(14)6-9-7-15-5-4-12-9;/h9,12H,4-8H2,1-3H3,(H,13,14);1H. The van der Waals surface area contributed by atoms with Crippen LogP contribution < -0.4 is 10.6 Å². The summed E-state index contributed by atoms with van der Waals surface area (Å²) in [4.78, 5) is 11.6. The van der Waals surface area contributed by atoms with E-state index in [0.717, 1.165) is 18.8 Å². The zero-order valence-electron chi connectivity index (χ0n) is 10.3. The second-order valence-electron chi connectivity index (χ2n) is 5.27. The molecular weight excluding hydrogens is 244 g/mol. The number of hydrogen-bond acceptors (Lipinski definition) is 3. The van der Waals surface area contributed by atoms with Gasteiger partial charge >= 0.3 is 0 Å². The SMILES string of the molecule is CC(C)(C)CNC(=O)CC1CSCCN1.Cl. The Balaban J connectivity index is 0.00000225. The topological polar surface area (TPSA) is 41.1 Å². The van der Waals surface area contributed by atoms with E-state index in [9.17, 15) is 4.79 Å². The largest absolute Gasteiger partial charge is 0.356 e. The summed E-state index contributed by atoms with van der Waals surface area (Å²) in [5, 5.41) is 6.35. The molecular formula is C11H23ClN2OS. The quantitative estimate of drug-likeness (QED) is 0.817. The molecule has 96 valence electrons. The van der Waals surface area contributed by atoms with Crippen molar-refractivity contribution in [1.82, 2.24) is 10.6 Å². The molecule has 1 aliphatic heterocycles. The van der Waals surface area contributed by atoms with Crippen LogP contribution in [0.3, 0.4) is 0 Å². The Morgan fingerprint density at radius 1 is 1.50 bits per heavy atom. The lowest BCUT2D eigenvalue weighted by Crippen LogP contribution is -2.42. The molecule has 1 amide bonds. The van der Waals surface area contributed by atoms with Gasteiger partial charge in [-0.15, -0.1) is 12.4 Å². The van der Waals surface area contributed by atoms with Gasteiger partial charge in [-0.25, -0.2) is 0 Å². The first-order chi connectivity index (χ1) is 6.97. The van der Waals surface area contributed by atoms with Crippen LogP contribution >= 0.6 is 24.2 Å². The molecule has 0 saturated carbocycles. The highest BCUT2D eigenvalue weighted by molar-refractivity contribution is 7.99. The van der Waals surface area contributed by atoms with Gasteiger partial charge in [-0.3, -0.25) is 4.79 Å². The van der Waals surface area contributed by atoms with Crippen molar-refractivity contribution in [1.29, 1.82) is 0 Å². The smallest absolute Gasteiger partial charge is 0.221 e. The van der Waals surface area contributed by atoms with Gasteiger partial charge in [0.2, 0.25) is 5.91 Å². The molecule has 0 bridgehead atoms. The molecule has 1 saturated heterocycles. The summed E-state index contributed by atoms with van der Waals surface area (Å²) >= 11 is 1.93. The number of amides is 1. The van der Waals surface area contributed by atoms with Gasteiger partial charge in [0, 0.05) is 37.1 Å². The van der Waals surface area contributed by atoms with Crippen LogP contribution in [0.4, 0.5) is 0 Å². The Hall–Kier alpha value is 0.0700. The fraction of sp³-hybridized carbons (Fsp3) is 0.909. The van der Waals surface area contributed by atoms with Gasteiger partial charge < -0.3 is 10.6 Å². The maximum absolute atomic E-state index is 11.6. The van der Waals surface area contributed by atoms with Crippen molar-refractivity contribution in [2.24, 2.45) is 5.41 Å². The summed E-state index contributed by atoms with van der Waals surface area (Å²) in [5.41, 5.74) is 0.171. The number of nitrogens with one attached hydrogen (secondary N) is 2. The van der Waals surface area contributed by atoms with Crippen LogP contribution in [0, 0.1) is 5.41 Å². The van der Waals surface area contributed by atoms with Crippen LogP contribution in [-0.2, 0) is 4.79 Å². The van der Waals surface area contributed by atoms with Gasteiger partial charge in [0.1, 0.15) is 0 Å². The fourth-order valence-electron chi connectivity index (χ4n) is 1.41. The molecule has 16 heavy (non-hydrogen) atoms. The lowest BCUT2D eigenvalue weighted by Gasteiger charge is -2.24. The summed E-state index contributed by atoms with van der Waals surface area (Å²) < 4.78 is 0. The Morgan fingerprint density at radius 2 is 2.19 bits per heavy atom. The average Bonchev–Trinajstić information content (AvgIpc) is 2.15. The Labute approximate surface area is 109 Å². The van der Waals surface area contributed by atoms with E-state index in [1.807, 2.05) is 11.8 Å². The van der Waals surface area contributed by atoms with Gasteiger partial charge in [0.05, 0.1) is 0 Å².